The van der Waals surface area contributed by atoms with Crippen LogP contribution in [0.4, 0.5) is 14.5 Å². The Morgan fingerprint density at radius 3 is 2.29 bits per heavy atom. The summed E-state index contributed by atoms with van der Waals surface area (Å²) in [4.78, 5) is 88.3. The number of rotatable bonds is 13. The number of imide groups is 1. The SMILES string of the molecule is C[C@H](NC(=O)CCN1C(=O)C=CC1=O)C(=O)N[C@@H](C)C(=O)Nc1ccc(Oc2ccc([C@@H]3OC4C[C@H]5[C@@H]6C[C@H](F)C7=CC(=O)C=C[C@]7(C)[C@@]6(F)[C@@H](O)C[C@]5(C)[C@]4(C(=O)CO)O3)cc2O)cc1. The number of nitrogens with one attached hydrogen (secondary N) is 3. The van der Waals surface area contributed by atoms with E-state index in [2.05, 4.69) is 16.0 Å². The number of phenols is 1. The van der Waals surface area contributed by atoms with Crippen LogP contribution in [0.2, 0.25) is 0 Å². The molecule has 0 aromatic heterocycles. The number of carbonyl (C=O) groups excluding carboxylic acids is 7. The zero-order valence-electron chi connectivity index (χ0n) is 36.4. The van der Waals surface area contributed by atoms with Gasteiger partial charge < -0.3 is 45.5 Å². The average Bonchev–Trinajstić information content (AvgIpc) is 3.90. The van der Waals surface area contributed by atoms with Gasteiger partial charge in [0.25, 0.3) is 11.8 Å². The van der Waals surface area contributed by atoms with Crippen LogP contribution in [0.25, 0.3) is 0 Å². The van der Waals surface area contributed by atoms with Crippen LogP contribution in [0, 0.1) is 22.7 Å². The van der Waals surface area contributed by atoms with Crippen LogP contribution in [0.15, 0.2) is 78.4 Å². The van der Waals surface area contributed by atoms with Crippen LogP contribution in [0.5, 0.6) is 17.2 Å². The van der Waals surface area contributed by atoms with Crippen molar-refractivity contribution in [2.24, 2.45) is 22.7 Å². The van der Waals surface area contributed by atoms with Crippen LogP contribution in [0.3, 0.4) is 0 Å². The van der Waals surface area contributed by atoms with Gasteiger partial charge in [0.1, 0.15) is 30.6 Å². The van der Waals surface area contributed by atoms with Crippen molar-refractivity contribution in [1.29, 1.82) is 0 Å². The average molecular weight is 917 g/mol. The number of ether oxygens (including phenoxy) is 3. The molecule has 12 atom stereocenters. The maximum Gasteiger partial charge on any atom is 0.253 e. The van der Waals surface area contributed by atoms with E-state index >= 15 is 8.78 Å². The number of aliphatic hydroxyl groups excluding tert-OH is 2. The molecular weight excluding hydrogens is 867 g/mol. The van der Waals surface area contributed by atoms with Crippen molar-refractivity contribution in [2.45, 2.75) is 101 Å². The third-order valence-electron chi connectivity index (χ3n) is 14.5. The number of fused-ring (bicyclic) bond motifs is 7. The molecule has 0 spiro atoms. The Bertz CT molecular complexity index is 2480. The fourth-order valence-corrected chi connectivity index (χ4v) is 11.1. The van der Waals surface area contributed by atoms with E-state index < -0.39 is 118 Å². The second-order valence-electron chi connectivity index (χ2n) is 18.3. The smallest absolute Gasteiger partial charge is 0.253 e. The van der Waals surface area contributed by atoms with Gasteiger partial charge in [0, 0.05) is 53.1 Å². The summed E-state index contributed by atoms with van der Waals surface area (Å²) in [7, 11) is 0. The Labute approximate surface area is 377 Å². The molecule has 350 valence electrons. The highest BCUT2D eigenvalue weighted by molar-refractivity contribution is 6.13. The van der Waals surface area contributed by atoms with Gasteiger partial charge in [-0.2, -0.15) is 0 Å². The standard InChI is InChI=1S/C47H50F2N4O13/c1-23(50-38(59)14-16-53-39(60)11-12-40(53)61)41(62)51-24(2)42(63)52-26-6-8-28(9-7-26)64-34-10-5-25(17-33(34)56)43-65-37-20-29-30-19-32(48)31-18-27(55)13-15-44(31,3)46(30,49)35(57)21-45(29,4)47(37,66-43)36(58)22-54/h5-13,15,17-18,23-24,29-30,32,35,37,43,54,56-57H,14,16,19-22H2,1-4H3,(H,50,59)(H,51,62)(H,52,63)/t23-,24-,29-,30-,32-,35-,37?,43+,44-,45-,46-,47+/m0/s1. The number of aromatic hydroxyl groups is 1. The van der Waals surface area contributed by atoms with E-state index in [9.17, 15) is 48.9 Å². The molecular formula is C47H50F2N4O13. The lowest BCUT2D eigenvalue weighted by Crippen LogP contribution is -2.70. The molecule has 2 aromatic carbocycles. The number of ketones is 2. The second kappa shape index (κ2) is 16.9. The fraction of sp³-hybridized carbons (Fsp3) is 0.468. The van der Waals surface area contributed by atoms with Gasteiger partial charge >= 0.3 is 0 Å². The largest absolute Gasteiger partial charge is 0.504 e. The van der Waals surface area contributed by atoms with Crippen LogP contribution in [-0.4, -0.2) is 116 Å². The van der Waals surface area contributed by atoms with Crippen LogP contribution < -0.4 is 20.7 Å². The van der Waals surface area contributed by atoms with Gasteiger partial charge in [-0.3, -0.25) is 38.5 Å². The van der Waals surface area contributed by atoms with Gasteiger partial charge in [0.15, 0.2) is 40.6 Å². The van der Waals surface area contributed by atoms with Crippen LogP contribution >= 0.6 is 0 Å². The van der Waals surface area contributed by atoms with Gasteiger partial charge in [-0.25, -0.2) is 8.78 Å². The first kappa shape index (κ1) is 46.4. The minimum Gasteiger partial charge on any atom is -0.504 e. The zero-order valence-corrected chi connectivity index (χ0v) is 36.4. The maximum absolute atomic E-state index is 17.7. The molecule has 6 N–H and O–H groups in total. The number of alkyl halides is 2. The van der Waals surface area contributed by atoms with E-state index in [4.69, 9.17) is 14.2 Å². The summed E-state index contributed by atoms with van der Waals surface area (Å²) >= 11 is 0. The Kier molecular flexibility index (Phi) is 11.9. The van der Waals surface area contributed by atoms with E-state index in [1.807, 2.05) is 0 Å². The molecule has 6 aliphatic rings. The van der Waals surface area contributed by atoms with E-state index in [-0.39, 0.29) is 60.6 Å². The predicted molar refractivity (Wildman–Crippen MR) is 226 cm³/mol. The number of benzene rings is 2. The molecule has 2 heterocycles. The van der Waals surface area contributed by atoms with E-state index in [1.165, 1.54) is 75.4 Å². The number of aliphatic hydroxyl groups is 2. The molecule has 19 heteroatoms. The molecule has 17 nitrogen and oxygen atoms in total. The predicted octanol–water partition coefficient (Wildman–Crippen LogP) is 3.09. The Morgan fingerprint density at radius 1 is 0.939 bits per heavy atom. The quantitative estimate of drug-likeness (QED) is 0.159. The highest BCUT2D eigenvalue weighted by Gasteiger charge is 2.80. The number of anilines is 1. The molecule has 0 bridgehead atoms. The fourth-order valence-electron chi connectivity index (χ4n) is 11.1. The summed E-state index contributed by atoms with van der Waals surface area (Å²) in [5.74, 6) is -5.99. The van der Waals surface area contributed by atoms with E-state index in [1.54, 1.807) is 6.92 Å². The van der Waals surface area contributed by atoms with Crippen molar-refractivity contribution in [2.75, 3.05) is 18.5 Å². The van der Waals surface area contributed by atoms with E-state index in [0.717, 1.165) is 23.1 Å². The van der Waals surface area contributed by atoms with Crippen molar-refractivity contribution in [3.8, 4) is 17.2 Å². The number of carbonyl (C=O) groups is 7. The number of allylic oxidation sites excluding steroid dienone is 4. The molecule has 4 fully saturated rings. The summed E-state index contributed by atoms with van der Waals surface area (Å²) in [5.41, 5.74) is -6.66. The van der Waals surface area contributed by atoms with Crippen LogP contribution in [0.1, 0.15) is 65.2 Å². The van der Waals surface area contributed by atoms with Gasteiger partial charge in [-0.15, -0.1) is 0 Å². The number of Topliss-reactive ketones (excluding diaryl/α,β-unsaturated/α-hetero) is 1. The number of phenolic OH excluding ortho intramolecular Hbond substituents is 1. The molecule has 5 amide bonds. The number of hydrogen-bond acceptors (Lipinski definition) is 13. The highest BCUT2D eigenvalue weighted by Crippen LogP contribution is 2.72. The maximum atomic E-state index is 17.7. The van der Waals surface area contributed by atoms with Crippen molar-refractivity contribution in [3.63, 3.8) is 0 Å². The summed E-state index contributed by atoms with van der Waals surface area (Å²) in [6, 6.07) is 8.29. The molecule has 2 aromatic rings. The second-order valence-corrected chi connectivity index (χ2v) is 18.3. The Morgan fingerprint density at radius 2 is 1.62 bits per heavy atom. The molecule has 4 aliphatic carbocycles. The summed E-state index contributed by atoms with van der Waals surface area (Å²) in [5, 5.41) is 40.8. The summed E-state index contributed by atoms with van der Waals surface area (Å²) < 4.78 is 52.4. The van der Waals surface area contributed by atoms with Crippen molar-refractivity contribution >= 4 is 46.8 Å². The third-order valence-corrected chi connectivity index (χ3v) is 14.5. The summed E-state index contributed by atoms with van der Waals surface area (Å²) in [6.45, 7) is 4.90. The lowest BCUT2D eigenvalue weighted by molar-refractivity contribution is -0.235. The molecule has 1 unspecified atom stereocenters. The normalized spacial score (nSPS) is 33.8. The van der Waals surface area contributed by atoms with Gasteiger partial charge in [-0.1, -0.05) is 13.0 Å². The third kappa shape index (κ3) is 7.41. The number of hydrogen-bond donors (Lipinski definition) is 6. The highest BCUT2D eigenvalue weighted by atomic mass is 19.1. The number of amides is 5. The first-order chi connectivity index (χ1) is 31.2. The first-order valence-electron chi connectivity index (χ1n) is 21.7. The van der Waals surface area contributed by atoms with Gasteiger partial charge in [0.2, 0.25) is 17.7 Å². The molecule has 2 aliphatic heterocycles. The van der Waals surface area contributed by atoms with E-state index in [0.29, 0.717) is 5.69 Å². The minimum atomic E-state index is -2.40. The van der Waals surface area contributed by atoms with Crippen molar-refractivity contribution in [1.82, 2.24) is 15.5 Å². The Hall–Kier alpha value is -6.15. The summed E-state index contributed by atoms with van der Waals surface area (Å²) in [6.07, 6.45) is -0.701. The van der Waals surface area contributed by atoms with Crippen molar-refractivity contribution in [3.05, 3.63) is 84.0 Å². The van der Waals surface area contributed by atoms with Gasteiger partial charge in [0.05, 0.1) is 12.2 Å². The molecule has 1 saturated heterocycles. The molecule has 3 saturated carbocycles. The van der Waals surface area contributed by atoms with Crippen LogP contribution in [-0.2, 0) is 43.0 Å². The van der Waals surface area contributed by atoms with Crippen molar-refractivity contribution < 1.29 is 71.9 Å². The lowest BCUT2D eigenvalue weighted by atomic mass is 9.44. The topological polar surface area (TPSA) is 247 Å². The monoisotopic (exact) mass is 916 g/mol. The molecule has 0 radical (unpaired) electrons. The number of nitrogens with zero attached hydrogens (tertiary/aromatic N) is 1. The zero-order chi connectivity index (χ0) is 47.7. The molecule has 66 heavy (non-hydrogen) atoms. The Balaban J connectivity index is 0.882. The number of halogens is 2. The lowest BCUT2D eigenvalue weighted by Gasteiger charge is -2.63. The minimum absolute atomic E-state index is 0.0163. The molecule has 8 rings (SSSR count). The van der Waals surface area contributed by atoms with Gasteiger partial charge in [-0.05, 0) is 106 Å². The first-order valence-corrected chi connectivity index (χ1v) is 21.7.